The van der Waals surface area contributed by atoms with Crippen LogP contribution >= 0.6 is 0 Å². The molecule has 1 aromatic carbocycles. The number of benzene rings is 1. The molecule has 2 aromatic rings. The van der Waals surface area contributed by atoms with E-state index in [2.05, 4.69) is 15.7 Å². The maximum Gasteiger partial charge on any atom is 0.234 e. The molecule has 110 valence electrons. The Kier molecular flexibility index (Phi) is 4.01. The Balaban J connectivity index is 1.56. The molecule has 0 radical (unpaired) electrons. The van der Waals surface area contributed by atoms with Crippen LogP contribution in [0.2, 0.25) is 0 Å². The van der Waals surface area contributed by atoms with E-state index in [0.29, 0.717) is 12.6 Å². The normalized spacial score (nSPS) is 15.7. The molecule has 0 saturated heterocycles. The van der Waals surface area contributed by atoms with Crippen LogP contribution in [-0.2, 0) is 4.79 Å². The second kappa shape index (κ2) is 6.10. The van der Waals surface area contributed by atoms with Crippen LogP contribution in [0, 0.1) is 0 Å². The Bertz CT molecular complexity index is 604. The van der Waals surface area contributed by atoms with E-state index in [9.17, 15) is 4.79 Å². The van der Waals surface area contributed by atoms with Crippen molar-refractivity contribution in [3.05, 3.63) is 48.3 Å². The molecular formula is C16H20N4O. The number of aromatic nitrogens is 2. The zero-order chi connectivity index (χ0) is 14.7. The number of nitrogens with one attached hydrogen (secondary N) is 2. The highest BCUT2D eigenvalue weighted by Gasteiger charge is 2.23. The average Bonchev–Trinajstić information content (AvgIpc) is 3.18. The summed E-state index contributed by atoms with van der Waals surface area (Å²) in [6.45, 7) is 2.38. The summed E-state index contributed by atoms with van der Waals surface area (Å²) in [6.07, 6.45) is 6.06. The minimum absolute atomic E-state index is 0.0693. The molecule has 2 N–H and O–H groups in total. The van der Waals surface area contributed by atoms with Crippen molar-refractivity contribution >= 4 is 5.91 Å². The predicted octanol–water partition coefficient (Wildman–Crippen LogP) is 1.80. The Morgan fingerprint density at radius 1 is 1.38 bits per heavy atom. The van der Waals surface area contributed by atoms with Crippen molar-refractivity contribution in [3.63, 3.8) is 0 Å². The van der Waals surface area contributed by atoms with Gasteiger partial charge in [0.2, 0.25) is 5.91 Å². The van der Waals surface area contributed by atoms with Gasteiger partial charge in [0.05, 0.1) is 18.4 Å². The molecule has 5 nitrogen and oxygen atoms in total. The highest BCUT2D eigenvalue weighted by atomic mass is 16.2. The number of amides is 1. The zero-order valence-electron chi connectivity index (χ0n) is 12.1. The summed E-state index contributed by atoms with van der Waals surface area (Å²) < 4.78 is 1.85. The lowest BCUT2D eigenvalue weighted by Crippen LogP contribution is -2.36. The van der Waals surface area contributed by atoms with E-state index in [-0.39, 0.29) is 11.9 Å². The number of para-hydroxylation sites is 1. The zero-order valence-corrected chi connectivity index (χ0v) is 12.1. The Labute approximate surface area is 124 Å². The van der Waals surface area contributed by atoms with E-state index in [1.54, 1.807) is 0 Å². The van der Waals surface area contributed by atoms with Gasteiger partial charge in [0.15, 0.2) is 0 Å². The van der Waals surface area contributed by atoms with Crippen molar-refractivity contribution in [1.82, 2.24) is 20.4 Å². The lowest BCUT2D eigenvalue weighted by atomic mass is 10.2. The van der Waals surface area contributed by atoms with Crippen LogP contribution in [0.5, 0.6) is 0 Å². The number of hydrogen-bond donors (Lipinski definition) is 2. The summed E-state index contributed by atoms with van der Waals surface area (Å²) in [5, 5.41) is 10.6. The molecule has 1 amide bonds. The van der Waals surface area contributed by atoms with Gasteiger partial charge < -0.3 is 10.6 Å². The third-order valence-corrected chi connectivity index (χ3v) is 3.63. The quantitative estimate of drug-likeness (QED) is 0.850. The highest BCUT2D eigenvalue weighted by Crippen LogP contribution is 2.18. The van der Waals surface area contributed by atoms with Gasteiger partial charge in [-0.25, -0.2) is 4.68 Å². The third-order valence-electron chi connectivity index (χ3n) is 3.63. The molecular weight excluding hydrogens is 264 g/mol. The third kappa shape index (κ3) is 3.70. The molecule has 21 heavy (non-hydrogen) atoms. The van der Waals surface area contributed by atoms with E-state index in [1.807, 2.05) is 54.3 Å². The molecule has 0 bridgehead atoms. The minimum atomic E-state index is 0.0693. The van der Waals surface area contributed by atoms with Gasteiger partial charge in [-0.1, -0.05) is 18.2 Å². The number of carbonyl (C=O) groups is 1. The molecule has 1 unspecified atom stereocenters. The average molecular weight is 284 g/mol. The van der Waals surface area contributed by atoms with Crippen molar-refractivity contribution in [2.75, 3.05) is 6.54 Å². The van der Waals surface area contributed by atoms with Crippen molar-refractivity contribution in [2.45, 2.75) is 31.8 Å². The first-order valence-electron chi connectivity index (χ1n) is 7.35. The number of rotatable bonds is 6. The number of nitrogens with zero attached hydrogens (tertiary/aromatic N) is 2. The van der Waals surface area contributed by atoms with E-state index in [4.69, 9.17) is 0 Å². The SMILES string of the molecule is CC(NCC(=O)NC1CC1)c1cnn(-c2ccccc2)c1. The fourth-order valence-corrected chi connectivity index (χ4v) is 2.15. The summed E-state index contributed by atoms with van der Waals surface area (Å²) in [6, 6.07) is 10.5. The van der Waals surface area contributed by atoms with Crippen molar-refractivity contribution in [3.8, 4) is 5.69 Å². The van der Waals surface area contributed by atoms with Gasteiger partial charge in [0, 0.05) is 23.8 Å². The second-order valence-electron chi connectivity index (χ2n) is 5.50. The standard InChI is InChI=1S/C16H20N4O/c1-12(17-10-16(21)19-14-7-8-14)13-9-18-20(11-13)15-5-3-2-4-6-15/h2-6,9,11-12,14,17H,7-8,10H2,1H3,(H,19,21). The fourth-order valence-electron chi connectivity index (χ4n) is 2.15. The Morgan fingerprint density at radius 2 is 2.14 bits per heavy atom. The van der Waals surface area contributed by atoms with Gasteiger partial charge in [-0.3, -0.25) is 4.79 Å². The maximum atomic E-state index is 11.7. The summed E-state index contributed by atoms with van der Waals surface area (Å²) >= 11 is 0. The predicted molar refractivity (Wildman–Crippen MR) is 81.1 cm³/mol. The van der Waals surface area contributed by atoms with Gasteiger partial charge in [0.25, 0.3) is 0 Å². The van der Waals surface area contributed by atoms with Crippen LogP contribution in [0.4, 0.5) is 0 Å². The van der Waals surface area contributed by atoms with Crippen molar-refractivity contribution in [2.24, 2.45) is 0 Å². The number of hydrogen-bond acceptors (Lipinski definition) is 3. The summed E-state index contributed by atoms with van der Waals surface area (Å²) in [5.41, 5.74) is 2.10. The van der Waals surface area contributed by atoms with Gasteiger partial charge in [-0.05, 0) is 31.9 Å². The monoisotopic (exact) mass is 284 g/mol. The van der Waals surface area contributed by atoms with Gasteiger partial charge in [0.1, 0.15) is 0 Å². The molecule has 0 aliphatic heterocycles. The molecule has 1 aliphatic carbocycles. The Morgan fingerprint density at radius 3 is 2.86 bits per heavy atom. The second-order valence-corrected chi connectivity index (χ2v) is 5.50. The molecule has 1 aromatic heterocycles. The highest BCUT2D eigenvalue weighted by molar-refractivity contribution is 5.78. The van der Waals surface area contributed by atoms with E-state index < -0.39 is 0 Å². The summed E-state index contributed by atoms with van der Waals surface area (Å²) in [7, 11) is 0. The largest absolute Gasteiger partial charge is 0.352 e. The van der Waals surface area contributed by atoms with Crippen molar-refractivity contribution < 1.29 is 4.79 Å². The minimum Gasteiger partial charge on any atom is -0.352 e. The van der Waals surface area contributed by atoms with Gasteiger partial charge in [-0.2, -0.15) is 5.10 Å². The van der Waals surface area contributed by atoms with Crippen LogP contribution in [-0.4, -0.2) is 28.3 Å². The van der Waals surface area contributed by atoms with Gasteiger partial charge in [-0.15, -0.1) is 0 Å². The van der Waals surface area contributed by atoms with Crippen LogP contribution in [0.25, 0.3) is 5.69 Å². The maximum absolute atomic E-state index is 11.7. The molecule has 1 saturated carbocycles. The Hall–Kier alpha value is -2.14. The molecule has 1 aliphatic rings. The molecule has 1 atom stereocenters. The van der Waals surface area contributed by atoms with E-state index in [1.165, 1.54) is 0 Å². The summed E-state index contributed by atoms with van der Waals surface area (Å²) in [4.78, 5) is 11.7. The smallest absolute Gasteiger partial charge is 0.234 e. The molecule has 0 spiro atoms. The van der Waals surface area contributed by atoms with Crippen LogP contribution in [0.15, 0.2) is 42.7 Å². The first-order valence-corrected chi connectivity index (χ1v) is 7.35. The van der Waals surface area contributed by atoms with E-state index >= 15 is 0 Å². The molecule has 1 heterocycles. The van der Waals surface area contributed by atoms with Gasteiger partial charge >= 0.3 is 0 Å². The number of carbonyl (C=O) groups excluding carboxylic acids is 1. The molecule has 1 fully saturated rings. The first kappa shape index (κ1) is 13.8. The lowest BCUT2D eigenvalue weighted by Gasteiger charge is -2.11. The van der Waals surface area contributed by atoms with Crippen molar-refractivity contribution in [1.29, 1.82) is 0 Å². The van der Waals surface area contributed by atoms with Crippen LogP contribution in [0.1, 0.15) is 31.4 Å². The fraction of sp³-hybridized carbons (Fsp3) is 0.375. The van der Waals surface area contributed by atoms with E-state index in [0.717, 1.165) is 24.1 Å². The first-order chi connectivity index (χ1) is 10.2. The lowest BCUT2D eigenvalue weighted by molar-refractivity contribution is -0.120. The summed E-state index contributed by atoms with van der Waals surface area (Å²) in [5.74, 6) is 0.0693. The molecule has 3 rings (SSSR count). The molecule has 5 heteroatoms. The topological polar surface area (TPSA) is 59.0 Å². The van der Waals surface area contributed by atoms with Crippen LogP contribution in [0.3, 0.4) is 0 Å². The van der Waals surface area contributed by atoms with Crippen LogP contribution < -0.4 is 10.6 Å².